The number of nitrogens with one attached hydrogen (secondary N) is 2. The molecule has 2 aromatic rings. The Morgan fingerprint density at radius 2 is 1.82 bits per heavy atom. The van der Waals surface area contributed by atoms with Gasteiger partial charge in [0.2, 0.25) is 5.91 Å². The first-order chi connectivity index (χ1) is 13.3. The van der Waals surface area contributed by atoms with E-state index in [0.717, 1.165) is 16.3 Å². The van der Waals surface area contributed by atoms with Crippen LogP contribution in [0.2, 0.25) is 0 Å². The lowest BCUT2D eigenvalue weighted by molar-refractivity contribution is -0.435. The molecule has 2 aromatic carbocycles. The fourth-order valence-corrected chi connectivity index (χ4v) is 3.10. The van der Waals surface area contributed by atoms with Crippen molar-refractivity contribution in [2.45, 2.75) is 44.9 Å². The standard InChI is InChI=1S/C21H29N3O4/c1-3-13(2)19(21(27)28)24-20(26)17(23-18(22)12-25)11-14-8-9-15-6-4-5-7-16(15)10-14/h4-10,13,17-19,23,25H,3,11-12,22H2,1-2H3,(H,24,26)(H,27,28)/p+1. The Bertz CT molecular complexity index is 811. The molecule has 4 atom stereocenters. The lowest BCUT2D eigenvalue weighted by atomic mass is 9.97. The van der Waals surface area contributed by atoms with Gasteiger partial charge in [0.15, 0.2) is 6.17 Å². The van der Waals surface area contributed by atoms with Crippen molar-refractivity contribution in [3.05, 3.63) is 48.0 Å². The highest BCUT2D eigenvalue weighted by Gasteiger charge is 2.30. The number of quaternary nitrogens is 1. The molecule has 0 spiro atoms. The first kappa shape index (κ1) is 21.8. The molecule has 0 heterocycles. The number of aliphatic hydroxyl groups excluding tert-OH is 1. The second kappa shape index (κ2) is 10.2. The zero-order valence-corrected chi connectivity index (χ0v) is 16.4. The Labute approximate surface area is 164 Å². The van der Waals surface area contributed by atoms with Crippen molar-refractivity contribution in [1.82, 2.24) is 10.6 Å². The predicted octanol–water partition coefficient (Wildman–Crippen LogP) is 0.516. The Morgan fingerprint density at radius 3 is 2.43 bits per heavy atom. The number of hydrogen-bond donors (Lipinski definition) is 5. The van der Waals surface area contributed by atoms with E-state index in [-0.39, 0.29) is 12.5 Å². The SMILES string of the molecule is CCC(C)C(NC(=O)C(Cc1ccc2ccccc2c1)NC([NH3+])CO)C(=O)O. The number of carboxylic acid groups (broad SMARTS) is 1. The summed E-state index contributed by atoms with van der Waals surface area (Å²) in [5.74, 6) is -1.67. The Morgan fingerprint density at radius 1 is 1.14 bits per heavy atom. The van der Waals surface area contributed by atoms with Gasteiger partial charge in [-0.2, -0.15) is 0 Å². The number of fused-ring (bicyclic) bond motifs is 1. The summed E-state index contributed by atoms with van der Waals surface area (Å²) in [6, 6.07) is 12.2. The van der Waals surface area contributed by atoms with E-state index in [1.54, 1.807) is 6.92 Å². The summed E-state index contributed by atoms with van der Waals surface area (Å²) in [5.41, 5.74) is 4.72. The van der Waals surface area contributed by atoms with Gasteiger partial charge in [0.1, 0.15) is 12.6 Å². The highest BCUT2D eigenvalue weighted by molar-refractivity contribution is 5.88. The molecule has 7 N–H and O–H groups in total. The van der Waals surface area contributed by atoms with Crippen LogP contribution in [0.25, 0.3) is 10.8 Å². The normalized spacial score (nSPS) is 15.6. The number of amides is 1. The van der Waals surface area contributed by atoms with Crippen LogP contribution in [0.3, 0.4) is 0 Å². The molecule has 0 saturated heterocycles. The van der Waals surface area contributed by atoms with Gasteiger partial charge in [-0.05, 0) is 28.7 Å². The van der Waals surface area contributed by atoms with Gasteiger partial charge in [0.25, 0.3) is 0 Å². The molecule has 152 valence electrons. The highest BCUT2D eigenvalue weighted by atomic mass is 16.4. The minimum Gasteiger partial charge on any atom is -0.480 e. The van der Waals surface area contributed by atoms with E-state index >= 15 is 0 Å². The monoisotopic (exact) mass is 388 g/mol. The average Bonchev–Trinajstić information content (AvgIpc) is 2.70. The van der Waals surface area contributed by atoms with E-state index in [9.17, 15) is 19.8 Å². The lowest BCUT2D eigenvalue weighted by Crippen LogP contribution is -2.73. The fraction of sp³-hybridized carbons (Fsp3) is 0.429. The van der Waals surface area contributed by atoms with Gasteiger partial charge in [0.05, 0.1) is 6.04 Å². The minimum absolute atomic E-state index is 0.198. The van der Waals surface area contributed by atoms with Gasteiger partial charge in [0, 0.05) is 0 Å². The van der Waals surface area contributed by atoms with Crippen LogP contribution < -0.4 is 16.4 Å². The molecule has 7 heteroatoms. The molecule has 0 aliphatic rings. The molecule has 0 aliphatic carbocycles. The number of rotatable bonds is 10. The fourth-order valence-electron chi connectivity index (χ4n) is 3.10. The lowest BCUT2D eigenvalue weighted by Gasteiger charge is -2.25. The van der Waals surface area contributed by atoms with E-state index in [0.29, 0.717) is 12.8 Å². The van der Waals surface area contributed by atoms with Gasteiger partial charge < -0.3 is 21.3 Å². The molecule has 0 aliphatic heterocycles. The molecule has 0 saturated carbocycles. The number of benzene rings is 2. The van der Waals surface area contributed by atoms with E-state index < -0.39 is 30.1 Å². The second-order valence-corrected chi connectivity index (χ2v) is 7.19. The number of aliphatic hydroxyl groups is 1. The van der Waals surface area contributed by atoms with Crippen molar-refractivity contribution in [2.75, 3.05) is 6.61 Å². The van der Waals surface area contributed by atoms with Gasteiger partial charge in [-0.3, -0.25) is 10.1 Å². The van der Waals surface area contributed by atoms with Crippen molar-refractivity contribution < 1.29 is 25.5 Å². The molecule has 2 rings (SSSR count). The maximum Gasteiger partial charge on any atom is 0.326 e. The zero-order chi connectivity index (χ0) is 20.7. The maximum absolute atomic E-state index is 12.9. The third kappa shape index (κ3) is 5.76. The summed E-state index contributed by atoms with van der Waals surface area (Å²) in [4.78, 5) is 24.4. The van der Waals surface area contributed by atoms with Gasteiger partial charge in [-0.15, -0.1) is 0 Å². The van der Waals surface area contributed by atoms with Crippen LogP contribution in [0, 0.1) is 5.92 Å². The third-order valence-corrected chi connectivity index (χ3v) is 5.00. The van der Waals surface area contributed by atoms with Crippen LogP contribution in [0.5, 0.6) is 0 Å². The molecule has 0 radical (unpaired) electrons. The summed E-state index contributed by atoms with van der Waals surface area (Å²) >= 11 is 0. The molecule has 28 heavy (non-hydrogen) atoms. The Kier molecular flexibility index (Phi) is 7.92. The Balaban J connectivity index is 2.21. The molecule has 4 unspecified atom stereocenters. The predicted molar refractivity (Wildman–Crippen MR) is 107 cm³/mol. The first-order valence-electron chi connectivity index (χ1n) is 9.56. The van der Waals surface area contributed by atoms with E-state index in [1.165, 1.54) is 0 Å². The quantitative estimate of drug-likeness (QED) is 0.379. The van der Waals surface area contributed by atoms with Crippen molar-refractivity contribution in [1.29, 1.82) is 0 Å². The van der Waals surface area contributed by atoms with Crippen molar-refractivity contribution in [2.24, 2.45) is 5.92 Å². The van der Waals surface area contributed by atoms with Gasteiger partial charge in [-0.25, -0.2) is 4.79 Å². The van der Waals surface area contributed by atoms with E-state index in [4.69, 9.17) is 0 Å². The van der Waals surface area contributed by atoms with Crippen LogP contribution >= 0.6 is 0 Å². The molecule has 0 bridgehead atoms. The number of carbonyl (C=O) groups excluding carboxylic acids is 1. The minimum atomic E-state index is -1.06. The first-order valence-corrected chi connectivity index (χ1v) is 9.56. The molecule has 0 fully saturated rings. The zero-order valence-electron chi connectivity index (χ0n) is 16.4. The summed E-state index contributed by atoms with van der Waals surface area (Å²) < 4.78 is 0. The van der Waals surface area contributed by atoms with Crippen molar-refractivity contribution >= 4 is 22.6 Å². The number of carboxylic acids is 1. The molecular weight excluding hydrogens is 358 g/mol. The van der Waals surface area contributed by atoms with Crippen molar-refractivity contribution in [3.63, 3.8) is 0 Å². The summed E-state index contributed by atoms with van der Waals surface area (Å²) in [7, 11) is 0. The number of hydrogen-bond acceptors (Lipinski definition) is 4. The van der Waals surface area contributed by atoms with Crippen LogP contribution in [0.1, 0.15) is 25.8 Å². The Hall–Kier alpha value is -2.48. The van der Waals surface area contributed by atoms with E-state index in [1.807, 2.05) is 49.4 Å². The van der Waals surface area contributed by atoms with Crippen LogP contribution in [-0.2, 0) is 16.0 Å². The largest absolute Gasteiger partial charge is 0.480 e. The van der Waals surface area contributed by atoms with Crippen LogP contribution in [-0.4, -0.2) is 46.9 Å². The maximum atomic E-state index is 12.9. The van der Waals surface area contributed by atoms with Crippen molar-refractivity contribution in [3.8, 4) is 0 Å². The molecular formula is C21H30N3O4+. The molecule has 7 nitrogen and oxygen atoms in total. The topological polar surface area (TPSA) is 126 Å². The number of aliphatic carboxylic acids is 1. The summed E-state index contributed by atoms with van der Waals surface area (Å²) in [6.45, 7) is 3.45. The summed E-state index contributed by atoms with van der Waals surface area (Å²) in [5, 5.41) is 26.6. The second-order valence-electron chi connectivity index (χ2n) is 7.19. The molecule has 1 amide bonds. The van der Waals surface area contributed by atoms with Crippen LogP contribution in [0.15, 0.2) is 42.5 Å². The van der Waals surface area contributed by atoms with E-state index in [2.05, 4.69) is 16.4 Å². The third-order valence-electron chi connectivity index (χ3n) is 5.00. The smallest absolute Gasteiger partial charge is 0.326 e. The van der Waals surface area contributed by atoms with Gasteiger partial charge in [-0.1, -0.05) is 62.7 Å². The highest BCUT2D eigenvalue weighted by Crippen LogP contribution is 2.17. The van der Waals surface area contributed by atoms with Crippen LogP contribution in [0.4, 0.5) is 0 Å². The van der Waals surface area contributed by atoms with Gasteiger partial charge >= 0.3 is 5.97 Å². The average molecular weight is 388 g/mol. The summed E-state index contributed by atoms with van der Waals surface area (Å²) in [6.07, 6.45) is 0.451. The molecule has 0 aromatic heterocycles. The number of carbonyl (C=O) groups is 2.